The van der Waals surface area contributed by atoms with Gasteiger partial charge in [0.1, 0.15) is 5.82 Å². The number of nitrogens with one attached hydrogen (secondary N) is 2. The van der Waals surface area contributed by atoms with E-state index in [0.29, 0.717) is 18.6 Å². The van der Waals surface area contributed by atoms with Gasteiger partial charge in [-0.1, -0.05) is 12.1 Å². The zero-order chi connectivity index (χ0) is 31.6. The van der Waals surface area contributed by atoms with Gasteiger partial charge < -0.3 is 10.4 Å². The molecule has 2 saturated heterocycles. The van der Waals surface area contributed by atoms with Crippen LogP contribution in [0, 0.1) is 5.82 Å². The second-order valence-electron chi connectivity index (χ2n) is 9.69. The number of sulfonamides is 1. The molecule has 234 valence electrons. The normalized spacial score (nSPS) is 18.7. The number of carboxylic acids is 1. The predicted molar refractivity (Wildman–Crippen MR) is 141 cm³/mol. The fourth-order valence-corrected chi connectivity index (χ4v) is 6.52. The van der Waals surface area contributed by atoms with Gasteiger partial charge in [0.25, 0.3) is 10.0 Å². The van der Waals surface area contributed by atoms with Gasteiger partial charge in [0.15, 0.2) is 16.5 Å². The average molecular weight is 656 g/mol. The molecule has 0 unspecified atom stereocenters. The van der Waals surface area contributed by atoms with Crippen molar-refractivity contribution in [2.45, 2.75) is 68.2 Å². The number of halogens is 7. The van der Waals surface area contributed by atoms with Gasteiger partial charge in [-0.15, -0.1) is 11.3 Å². The second kappa shape index (κ2) is 12.6. The number of carbonyl (C=O) groups is 1. The second-order valence-corrected chi connectivity index (χ2v) is 12.0. The molecule has 0 aliphatic carbocycles. The van der Waals surface area contributed by atoms with Gasteiger partial charge in [-0.05, 0) is 49.4 Å². The van der Waals surface area contributed by atoms with Crippen LogP contribution in [-0.2, 0) is 34.1 Å². The van der Waals surface area contributed by atoms with Crippen LogP contribution in [0.5, 0.6) is 0 Å². The number of nitrogens with zero attached hydrogens (tertiary/aromatic N) is 3. The van der Waals surface area contributed by atoms with Crippen LogP contribution < -0.4 is 10.0 Å². The van der Waals surface area contributed by atoms with E-state index in [1.54, 1.807) is 12.1 Å². The number of alkyl halides is 6. The lowest BCUT2D eigenvalue weighted by Gasteiger charge is -2.24. The van der Waals surface area contributed by atoms with E-state index in [1.165, 1.54) is 17.0 Å². The Hall–Kier alpha value is -3.51. The van der Waals surface area contributed by atoms with Gasteiger partial charge in [-0.3, -0.25) is 9.62 Å². The number of rotatable bonds is 8. The smallest absolute Gasteiger partial charge is 0.475 e. The Kier molecular flexibility index (Phi) is 9.51. The van der Waals surface area contributed by atoms with Gasteiger partial charge in [0, 0.05) is 36.1 Å². The highest BCUT2D eigenvalue weighted by atomic mass is 32.2. The van der Waals surface area contributed by atoms with Gasteiger partial charge >= 0.3 is 18.3 Å². The van der Waals surface area contributed by atoms with Gasteiger partial charge in [0.05, 0.1) is 11.2 Å². The highest BCUT2D eigenvalue weighted by Crippen LogP contribution is 2.39. The standard InChI is InChI=1S/C23H23F4N5O2S2.C2HF3O2/c24-18-3-1-2-14(11-32-15-4-5-16(32)7-6-15)17(18)10-28-19-8-9-21(30-22(19)23(25,26)27)36(33,34)31-20-12-35-13-29-20;3-2(4,5)1(6)7/h1-3,8-9,12-13,15-16,28,31H,4-7,10-11H2;(H,6,7). The first-order valence-electron chi connectivity index (χ1n) is 12.6. The molecule has 3 N–H and O–H groups in total. The summed E-state index contributed by atoms with van der Waals surface area (Å²) in [5.41, 5.74) is 0.531. The molecule has 1 aromatic carbocycles. The Balaban J connectivity index is 0.000000541. The number of benzene rings is 1. The van der Waals surface area contributed by atoms with Crippen molar-refractivity contribution in [2.24, 2.45) is 0 Å². The van der Waals surface area contributed by atoms with Gasteiger partial charge in [0.2, 0.25) is 0 Å². The van der Waals surface area contributed by atoms with Gasteiger partial charge in [-0.2, -0.15) is 34.8 Å². The van der Waals surface area contributed by atoms with Crippen LogP contribution in [0.25, 0.3) is 0 Å². The summed E-state index contributed by atoms with van der Waals surface area (Å²) in [6.07, 6.45) is -5.58. The number of aliphatic carboxylic acids is 1. The first-order valence-corrected chi connectivity index (χ1v) is 15.0. The maximum absolute atomic E-state index is 14.8. The summed E-state index contributed by atoms with van der Waals surface area (Å²) in [4.78, 5) is 18.4. The van der Waals surface area contributed by atoms with Crippen molar-refractivity contribution in [2.75, 3.05) is 10.0 Å². The molecule has 4 heterocycles. The van der Waals surface area contributed by atoms with E-state index in [0.717, 1.165) is 54.7 Å². The number of pyridine rings is 1. The number of aromatic nitrogens is 2. The highest BCUT2D eigenvalue weighted by Gasteiger charge is 2.40. The van der Waals surface area contributed by atoms with E-state index < -0.39 is 50.6 Å². The fourth-order valence-electron chi connectivity index (χ4n) is 5.01. The molecule has 0 spiro atoms. The Labute approximate surface area is 244 Å². The molecule has 2 fully saturated rings. The first kappa shape index (κ1) is 32.4. The molecular weight excluding hydrogens is 631 g/mol. The molecule has 0 atom stereocenters. The molecule has 2 aliphatic heterocycles. The van der Waals surface area contributed by atoms with Crippen molar-refractivity contribution in [1.29, 1.82) is 0 Å². The molecule has 0 amide bonds. The van der Waals surface area contributed by atoms with E-state index in [2.05, 4.69) is 24.9 Å². The number of thiazole rings is 1. The fraction of sp³-hybridized carbons (Fsp3) is 0.400. The minimum Gasteiger partial charge on any atom is -0.475 e. The molecule has 18 heteroatoms. The van der Waals surface area contributed by atoms with Crippen LogP contribution in [-0.4, -0.2) is 52.6 Å². The lowest BCUT2D eigenvalue weighted by Crippen LogP contribution is -2.28. The van der Waals surface area contributed by atoms with Crippen molar-refractivity contribution in [3.05, 3.63) is 63.9 Å². The van der Waals surface area contributed by atoms with E-state index in [-0.39, 0.29) is 17.9 Å². The van der Waals surface area contributed by atoms with Crippen molar-refractivity contribution < 1.29 is 49.1 Å². The molecule has 2 aliphatic rings. The number of hydrogen-bond acceptors (Lipinski definition) is 8. The number of anilines is 2. The lowest BCUT2D eigenvalue weighted by molar-refractivity contribution is -0.192. The maximum Gasteiger partial charge on any atom is 0.490 e. The topological polar surface area (TPSA) is 125 Å². The minimum atomic E-state index is -5.08. The van der Waals surface area contributed by atoms with Gasteiger partial charge in [-0.25, -0.2) is 19.2 Å². The molecule has 2 bridgehead atoms. The SMILES string of the molecule is O=C(O)C(F)(F)F.O=S(=O)(Nc1cscn1)c1ccc(NCc2c(F)cccc2CN2C3CCC2CC3)c(C(F)(F)F)n1. The van der Waals surface area contributed by atoms with Crippen LogP contribution in [0.15, 0.2) is 46.2 Å². The molecule has 43 heavy (non-hydrogen) atoms. The molecule has 0 saturated carbocycles. The molecule has 2 aromatic heterocycles. The lowest BCUT2D eigenvalue weighted by atomic mass is 10.0. The summed E-state index contributed by atoms with van der Waals surface area (Å²) in [7, 11) is -4.39. The predicted octanol–water partition coefficient (Wildman–Crippen LogP) is 5.87. The maximum atomic E-state index is 14.8. The highest BCUT2D eigenvalue weighted by molar-refractivity contribution is 7.92. The third kappa shape index (κ3) is 7.91. The quantitative estimate of drug-likeness (QED) is 0.258. The average Bonchev–Trinajstić information content (AvgIpc) is 3.66. The van der Waals surface area contributed by atoms with Crippen LogP contribution in [0.2, 0.25) is 0 Å². The molecule has 5 rings (SSSR count). The zero-order valence-electron chi connectivity index (χ0n) is 21.9. The largest absolute Gasteiger partial charge is 0.490 e. The van der Waals surface area contributed by atoms with Crippen molar-refractivity contribution in [3.8, 4) is 0 Å². The number of hydrogen-bond donors (Lipinski definition) is 3. The van der Waals surface area contributed by atoms with Crippen LogP contribution in [0.1, 0.15) is 42.5 Å². The van der Waals surface area contributed by atoms with E-state index in [9.17, 15) is 39.2 Å². The van der Waals surface area contributed by atoms with Crippen molar-refractivity contribution >= 4 is 38.8 Å². The van der Waals surface area contributed by atoms with E-state index >= 15 is 0 Å². The molecular formula is C25H24F7N5O4S2. The number of fused-ring (bicyclic) bond motifs is 2. The zero-order valence-corrected chi connectivity index (χ0v) is 23.5. The Morgan fingerprint density at radius 3 is 2.21 bits per heavy atom. The summed E-state index contributed by atoms with van der Waals surface area (Å²) in [6, 6.07) is 7.56. The van der Waals surface area contributed by atoms with Crippen molar-refractivity contribution in [1.82, 2.24) is 14.9 Å². The summed E-state index contributed by atoms with van der Waals surface area (Å²) in [5.74, 6) is -3.29. The molecule has 0 radical (unpaired) electrons. The van der Waals surface area contributed by atoms with Crippen LogP contribution in [0.4, 0.5) is 42.2 Å². The Bertz CT molecular complexity index is 1530. The molecule has 3 aromatic rings. The van der Waals surface area contributed by atoms with Crippen LogP contribution >= 0.6 is 11.3 Å². The van der Waals surface area contributed by atoms with Crippen molar-refractivity contribution in [3.63, 3.8) is 0 Å². The Morgan fingerprint density at radius 2 is 1.67 bits per heavy atom. The summed E-state index contributed by atoms with van der Waals surface area (Å²) in [5, 5.41) is 10.4. The first-order chi connectivity index (χ1) is 20.1. The van der Waals surface area contributed by atoms with E-state index in [4.69, 9.17) is 9.90 Å². The Morgan fingerprint density at radius 1 is 1.05 bits per heavy atom. The summed E-state index contributed by atoms with van der Waals surface area (Å²) >= 11 is 1.12. The summed E-state index contributed by atoms with van der Waals surface area (Å²) < 4.78 is 115. The van der Waals surface area contributed by atoms with Crippen LogP contribution in [0.3, 0.4) is 0 Å². The summed E-state index contributed by atoms with van der Waals surface area (Å²) in [6.45, 7) is 0.326. The number of carboxylic acid groups (broad SMARTS) is 1. The van der Waals surface area contributed by atoms with E-state index in [1.807, 2.05) is 0 Å². The minimum absolute atomic E-state index is 0.0175. The molecule has 9 nitrogen and oxygen atoms in total. The third-order valence-electron chi connectivity index (χ3n) is 6.96. The third-order valence-corrected chi connectivity index (χ3v) is 8.80. The monoisotopic (exact) mass is 655 g/mol.